The minimum atomic E-state index is -3.48. The van der Waals surface area contributed by atoms with Gasteiger partial charge in [0, 0.05) is 30.2 Å². The van der Waals surface area contributed by atoms with Crippen molar-refractivity contribution in [3.8, 4) is 0 Å². The highest BCUT2D eigenvalue weighted by Gasteiger charge is 2.33. The van der Waals surface area contributed by atoms with Crippen LogP contribution < -0.4 is 5.32 Å². The van der Waals surface area contributed by atoms with Crippen molar-refractivity contribution in [3.63, 3.8) is 0 Å². The van der Waals surface area contributed by atoms with E-state index < -0.39 is 10.0 Å². The SMILES string of the molecule is CCC1CN(S(=O)(=O)c2cc(CNC)oc2Br)CCS1. The predicted molar refractivity (Wildman–Crippen MR) is 84.5 cm³/mol. The standard InChI is InChI=1S/C12H19BrN2O3S2/c1-3-10-8-15(4-5-19-10)20(16,17)11-6-9(7-14-2)18-12(11)13/h6,10,14H,3-5,7-8H2,1-2H3. The van der Waals surface area contributed by atoms with Crippen LogP contribution in [0.3, 0.4) is 0 Å². The van der Waals surface area contributed by atoms with Crippen molar-refractivity contribution >= 4 is 37.7 Å². The third kappa shape index (κ3) is 3.41. The molecule has 1 aromatic heterocycles. The largest absolute Gasteiger partial charge is 0.452 e. The minimum absolute atomic E-state index is 0.226. The molecule has 5 nitrogen and oxygen atoms in total. The molecule has 1 N–H and O–H groups in total. The molecule has 1 aromatic rings. The second kappa shape index (κ2) is 6.83. The molecule has 0 aliphatic carbocycles. The Morgan fingerprint density at radius 3 is 3.00 bits per heavy atom. The molecule has 0 bridgehead atoms. The maximum Gasteiger partial charge on any atom is 0.247 e. The summed E-state index contributed by atoms with van der Waals surface area (Å²) in [4.78, 5) is 0.226. The number of rotatable bonds is 5. The molecule has 0 amide bonds. The van der Waals surface area contributed by atoms with E-state index in [1.807, 2.05) is 11.8 Å². The quantitative estimate of drug-likeness (QED) is 0.845. The van der Waals surface area contributed by atoms with Gasteiger partial charge in [0.05, 0.1) is 6.54 Å². The van der Waals surface area contributed by atoms with Crippen molar-refractivity contribution < 1.29 is 12.8 Å². The first-order valence-corrected chi connectivity index (χ1v) is 9.81. The molecule has 8 heteroatoms. The fourth-order valence-electron chi connectivity index (χ4n) is 2.13. The van der Waals surface area contributed by atoms with Gasteiger partial charge in [0.15, 0.2) is 4.67 Å². The van der Waals surface area contributed by atoms with E-state index in [4.69, 9.17) is 4.42 Å². The van der Waals surface area contributed by atoms with Crippen molar-refractivity contribution in [2.75, 3.05) is 25.9 Å². The van der Waals surface area contributed by atoms with Crippen LogP contribution in [0.1, 0.15) is 19.1 Å². The molecule has 1 saturated heterocycles. The topological polar surface area (TPSA) is 62.6 Å². The highest BCUT2D eigenvalue weighted by molar-refractivity contribution is 9.10. The van der Waals surface area contributed by atoms with Crippen molar-refractivity contribution in [2.45, 2.75) is 30.0 Å². The molecule has 1 atom stereocenters. The Labute approximate surface area is 132 Å². The molecule has 114 valence electrons. The number of hydrogen-bond donors (Lipinski definition) is 1. The van der Waals surface area contributed by atoms with Gasteiger partial charge in [-0.15, -0.1) is 0 Å². The number of hydrogen-bond acceptors (Lipinski definition) is 5. The molecule has 0 aromatic carbocycles. The van der Waals surface area contributed by atoms with Crippen LogP contribution in [0.15, 0.2) is 20.0 Å². The number of nitrogens with one attached hydrogen (secondary N) is 1. The summed E-state index contributed by atoms with van der Waals surface area (Å²) in [6.07, 6.45) is 0.980. The highest BCUT2D eigenvalue weighted by Crippen LogP contribution is 2.31. The third-order valence-electron chi connectivity index (χ3n) is 3.23. The zero-order valence-electron chi connectivity index (χ0n) is 11.6. The van der Waals surface area contributed by atoms with Crippen molar-refractivity contribution in [1.29, 1.82) is 0 Å². The number of nitrogens with zero attached hydrogens (tertiary/aromatic N) is 1. The molecular weight excluding hydrogens is 364 g/mol. The maximum atomic E-state index is 12.7. The van der Waals surface area contributed by atoms with Gasteiger partial charge in [0.25, 0.3) is 0 Å². The van der Waals surface area contributed by atoms with E-state index in [9.17, 15) is 8.42 Å². The van der Waals surface area contributed by atoms with Crippen molar-refractivity contribution in [2.24, 2.45) is 0 Å². The van der Waals surface area contributed by atoms with E-state index in [1.165, 1.54) is 0 Å². The van der Waals surface area contributed by atoms with E-state index in [0.29, 0.717) is 30.6 Å². The zero-order valence-corrected chi connectivity index (χ0v) is 14.8. The fraction of sp³-hybridized carbons (Fsp3) is 0.667. The molecular formula is C12H19BrN2O3S2. The predicted octanol–water partition coefficient (Wildman–Crippen LogP) is 2.28. The molecule has 0 spiro atoms. The lowest BCUT2D eigenvalue weighted by Crippen LogP contribution is -2.41. The smallest absolute Gasteiger partial charge is 0.247 e. The first kappa shape index (κ1) is 16.4. The Hall–Kier alpha value is -0.0200. The average molecular weight is 383 g/mol. The Bertz CT molecular complexity index is 559. The molecule has 1 unspecified atom stereocenters. The molecule has 0 radical (unpaired) electrons. The van der Waals surface area contributed by atoms with Crippen LogP contribution in [0.4, 0.5) is 0 Å². The van der Waals surface area contributed by atoms with Gasteiger partial charge in [-0.1, -0.05) is 6.92 Å². The summed E-state index contributed by atoms with van der Waals surface area (Å²) in [5.74, 6) is 1.45. The minimum Gasteiger partial charge on any atom is -0.452 e. The Kier molecular flexibility index (Phi) is 5.58. The van der Waals surface area contributed by atoms with Crippen molar-refractivity contribution in [3.05, 3.63) is 16.5 Å². The maximum absolute atomic E-state index is 12.7. The molecule has 1 aliphatic rings. The number of sulfonamides is 1. The van der Waals surface area contributed by atoms with Crippen LogP contribution in [0.5, 0.6) is 0 Å². The number of furan rings is 1. The summed E-state index contributed by atoms with van der Waals surface area (Å²) in [5.41, 5.74) is 0. The van der Waals surface area contributed by atoms with Gasteiger partial charge in [0.1, 0.15) is 10.7 Å². The summed E-state index contributed by atoms with van der Waals surface area (Å²) >= 11 is 5.06. The summed E-state index contributed by atoms with van der Waals surface area (Å²) in [5, 5.41) is 3.32. The molecule has 2 heterocycles. The first-order chi connectivity index (χ1) is 9.48. The van der Waals surface area contributed by atoms with Crippen LogP contribution in [0, 0.1) is 0 Å². The van der Waals surface area contributed by atoms with Gasteiger partial charge < -0.3 is 9.73 Å². The van der Waals surface area contributed by atoms with Crippen LogP contribution in [-0.4, -0.2) is 43.9 Å². The number of thioether (sulfide) groups is 1. The second-order valence-electron chi connectivity index (χ2n) is 4.65. The monoisotopic (exact) mass is 382 g/mol. The molecule has 1 fully saturated rings. The Morgan fingerprint density at radius 2 is 2.35 bits per heavy atom. The zero-order chi connectivity index (χ0) is 14.8. The van der Waals surface area contributed by atoms with Crippen molar-refractivity contribution in [1.82, 2.24) is 9.62 Å². The molecule has 1 aliphatic heterocycles. The van der Waals surface area contributed by atoms with Crippen LogP contribution in [0.25, 0.3) is 0 Å². The Morgan fingerprint density at radius 1 is 1.60 bits per heavy atom. The first-order valence-electron chi connectivity index (χ1n) is 6.53. The summed E-state index contributed by atoms with van der Waals surface area (Å²) in [6.45, 7) is 3.72. The van der Waals surface area contributed by atoms with Gasteiger partial charge in [-0.3, -0.25) is 0 Å². The highest BCUT2D eigenvalue weighted by atomic mass is 79.9. The van der Waals surface area contributed by atoms with Gasteiger partial charge in [-0.05, 0) is 29.4 Å². The van der Waals surface area contributed by atoms with Gasteiger partial charge >= 0.3 is 0 Å². The molecule has 0 saturated carbocycles. The fourth-order valence-corrected chi connectivity index (χ4v) is 5.97. The van der Waals surface area contributed by atoms with Gasteiger partial charge in [-0.2, -0.15) is 16.1 Å². The van der Waals surface area contributed by atoms with E-state index in [1.54, 1.807) is 17.4 Å². The van der Waals surface area contributed by atoms with E-state index >= 15 is 0 Å². The van der Waals surface area contributed by atoms with Crippen LogP contribution >= 0.6 is 27.7 Å². The second-order valence-corrected chi connectivity index (χ2v) is 8.68. The third-order valence-corrected chi connectivity index (χ3v) is 7.33. The van der Waals surface area contributed by atoms with Crippen LogP contribution in [-0.2, 0) is 16.6 Å². The van der Waals surface area contributed by atoms with E-state index in [-0.39, 0.29) is 9.56 Å². The molecule has 2 rings (SSSR count). The van der Waals surface area contributed by atoms with Gasteiger partial charge in [-0.25, -0.2) is 8.42 Å². The lowest BCUT2D eigenvalue weighted by atomic mass is 10.3. The van der Waals surface area contributed by atoms with Crippen LogP contribution in [0.2, 0.25) is 0 Å². The van der Waals surface area contributed by atoms with E-state index in [2.05, 4.69) is 28.2 Å². The molecule has 20 heavy (non-hydrogen) atoms. The van der Waals surface area contributed by atoms with Gasteiger partial charge in [0.2, 0.25) is 10.0 Å². The van der Waals surface area contributed by atoms with E-state index in [0.717, 1.165) is 12.2 Å². The summed E-state index contributed by atoms with van der Waals surface area (Å²) in [7, 11) is -1.69. The average Bonchev–Trinajstić information content (AvgIpc) is 2.81. The lowest BCUT2D eigenvalue weighted by Gasteiger charge is -2.30. The number of halogens is 1. The lowest BCUT2D eigenvalue weighted by molar-refractivity contribution is 0.413. The summed E-state index contributed by atoms with van der Waals surface area (Å²) < 4.78 is 32.7. The summed E-state index contributed by atoms with van der Waals surface area (Å²) in [6, 6.07) is 1.60. The normalized spacial score (nSPS) is 21.2. The Balaban J connectivity index is 2.25.